The van der Waals surface area contributed by atoms with E-state index >= 15 is 0 Å². The van der Waals surface area contributed by atoms with E-state index in [1.54, 1.807) is 6.20 Å². The van der Waals surface area contributed by atoms with Crippen molar-refractivity contribution in [3.05, 3.63) is 58.3 Å². The summed E-state index contributed by atoms with van der Waals surface area (Å²) in [5, 5.41) is 5.08. The van der Waals surface area contributed by atoms with Gasteiger partial charge in [-0.05, 0) is 24.3 Å². The Bertz CT molecular complexity index is 1040. The molecule has 2 aromatic heterocycles. The van der Waals surface area contributed by atoms with Gasteiger partial charge in [-0.3, -0.25) is 9.69 Å². The molecule has 1 N–H and O–H groups in total. The maximum Gasteiger partial charge on any atom is 0.262 e. The highest BCUT2D eigenvalue weighted by molar-refractivity contribution is 5.73. The summed E-state index contributed by atoms with van der Waals surface area (Å²) in [5.74, 6) is 1.44. The zero-order chi connectivity index (χ0) is 19.8. The summed E-state index contributed by atoms with van der Waals surface area (Å²) in [7, 11) is 0. The topological polar surface area (TPSA) is 76.0 Å². The van der Waals surface area contributed by atoms with Gasteiger partial charge in [-0.1, -0.05) is 37.3 Å². The summed E-state index contributed by atoms with van der Waals surface area (Å²) in [6, 6.07) is 10.8. The van der Waals surface area contributed by atoms with Crippen LogP contribution in [0.4, 0.5) is 0 Å². The monoisotopic (exact) mass is 393 g/mol. The first-order valence-corrected chi connectivity index (χ1v) is 10.5. The Hall–Kier alpha value is -2.51. The van der Waals surface area contributed by atoms with Crippen LogP contribution in [0.2, 0.25) is 0 Å². The van der Waals surface area contributed by atoms with Gasteiger partial charge in [0.2, 0.25) is 0 Å². The molecule has 152 valence electrons. The zero-order valence-electron chi connectivity index (χ0n) is 16.8. The van der Waals surface area contributed by atoms with E-state index in [1.807, 2.05) is 10.7 Å². The van der Waals surface area contributed by atoms with E-state index in [0.29, 0.717) is 17.0 Å². The number of likely N-dealkylation sites (tertiary alicyclic amines) is 1. The normalized spacial score (nSPS) is 23.8. The SMILES string of the molecule is C[C@H]1CN(Cc2ccccc2)C[C@@H]1c1nc2c(cnn2C2CCOCC2)c(=O)[nH]1. The molecule has 2 fully saturated rings. The summed E-state index contributed by atoms with van der Waals surface area (Å²) in [4.78, 5) is 23.2. The quantitative estimate of drug-likeness (QED) is 0.738. The number of hydrogen-bond donors (Lipinski definition) is 1. The lowest BCUT2D eigenvalue weighted by molar-refractivity contribution is 0.0673. The number of ether oxygens (including phenoxy) is 1. The molecule has 2 aliphatic rings. The van der Waals surface area contributed by atoms with Gasteiger partial charge in [0.25, 0.3) is 5.56 Å². The number of rotatable bonds is 4. The molecular formula is C22H27N5O2. The van der Waals surface area contributed by atoms with Crippen LogP contribution in [0.5, 0.6) is 0 Å². The van der Waals surface area contributed by atoms with Crippen LogP contribution in [-0.2, 0) is 11.3 Å². The molecule has 0 spiro atoms. The molecule has 0 saturated carbocycles. The minimum absolute atomic E-state index is 0.0861. The molecule has 0 aliphatic carbocycles. The lowest BCUT2D eigenvalue weighted by atomic mass is 9.97. The summed E-state index contributed by atoms with van der Waals surface area (Å²) in [5.41, 5.74) is 1.94. The average molecular weight is 393 g/mol. The van der Waals surface area contributed by atoms with Crippen LogP contribution >= 0.6 is 0 Å². The Morgan fingerprint density at radius 1 is 1.17 bits per heavy atom. The second-order valence-corrected chi connectivity index (χ2v) is 8.38. The van der Waals surface area contributed by atoms with Gasteiger partial charge in [0.05, 0.1) is 12.2 Å². The first-order valence-electron chi connectivity index (χ1n) is 10.5. The number of fused-ring (bicyclic) bond motifs is 1. The van der Waals surface area contributed by atoms with E-state index in [0.717, 1.165) is 51.5 Å². The second kappa shape index (κ2) is 7.72. The van der Waals surface area contributed by atoms with Crippen LogP contribution < -0.4 is 5.56 Å². The smallest absolute Gasteiger partial charge is 0.262 e. The Balaban J connectivity index is 1.43. The van der Waals surface area contributed by atoms with Crippen molar-refractivity contribution in [2.24, 2.45) is 5.92 Å². The van der Waals surface area contributed by atoms with Crippen molar-refractivity contribution in [1.82, 2.24) is 24.6 Å². The lowest BCUT2D eigenvalue weighted by Crippen LogP contribution is -2.23. The van der Waals surface area contributed by atoms with Crippen molar-refractivity contribution in [3.8, 4) is 0 Å². The van der Waals surface area contributed by atoms with Crippen LogP contribution in [0, 0.1) is 5.92 Å². The van der Waals surface area contributed by atoms with E-state index in [-0.39, 0.29) is 17.5 Å². The van der Waals surface area contributed by atoms with Crippen molar-refractivity contribution in [2.45, 2.75) is 38.3 Å². The van der Waals surface area contributed by atoms with Gasteiger partial charge in [-0.25, -0.2) is 9.67 Å². The molecule has 7 heteroatoms. The van der Waals surface area contributed by atoms with Gasteiger partial charge in [0, 0.05) is 38.8 Å². The molecule has 3 aromatic rings. The highest BCUT2D eigenvalue weighted by Crippen LogP contribution is 2.32. The Morgan fingerprint density at radius 3 is 2.76 bits per heavy atom. The van der Waals surface area contributed by atoms with Gasteiger partial charge < -0.3 is 9.72 Å². The fraction of sp³-hybridized carbons (Fsp3) is 0.500. The molecule has 2 saturated heterocycles. The van der Waals surface area contributed by atoms with Gasteiger partial charge >= 0.3 is 0 Å². The first kappa shape index (κ1) is 18.5. The molecule has 5 rings (SSSR count). The molecule has 2 aliphatic heterocycles. The van der Waals surface area contributed by atoms with Crippen LogP contribution in [0.15, 0.2) is 41.3 Å². The highest BCUT2D eigenvalue weighted by Gasteiger charge is 2.33. The van der Waals surface area contributed by atoms with Crippen molar-refractivity contribution >= 4 is 11.0 Å². The largest absolute Gasteiger partial charge is 0.381 e. The Morgan fingerprint density at radius 2 is 1.97 bits per heavy atom. The standard InChI is InChI=1S/C22H27N5O2/c1-15-12-26(13-16-5-3-2-4-6-16)14-19(15)20-24-21-18(22(28)25-20)11-23-27(21)17-7-9-29-10-8-17/h2-6,11,15,17,19H,7-10,12-14H2,1H3,(H,24,25,28)/t15-,19-/m0/s1. The molecule has 0 amide bonds. The molecule has 29 heavy (non-hydrogen) atoms. The van der Waals surface area contributed by atoms with Crippen molar-refractivity contribution < 1.29 is 4.74 Å². The van der Waals surface area contributed by atoms with E-state index in [2.05, 4.69) is 46.2 Å². The third-order valence-corrected chi connectivity index (χ3v) is 6.31. The molecule has 0 unspecified atom stereocenters. The maximum atomic E-state index is 12.7. The Labute approximate surface area is 169 Å². The maximum absolute atomic E-state index is 12.7. The molecular weight excluding hydrogens is 366 g/mol. The van der Waals surface area contributed by atoms with Crippen LogP contribution in [0.3, 0.4) is 0 Å². The van der Waals surface area contributed by atoms with Gasteiger partial charge in [-0.2, -0.15) is 5.10 Å². The van der Waals surface area contributed by atoms with E-state index in [1.165, 1.54) is 5.56 Å². The molecule has 7 nitrogen and oxygen atoms in total. The van der Waals surface area contributed by atoms with Crippen LogP contribution in [0.1, 0.15) is 43.1 Å². The van der Waals surface area contributed by atoms with E-state index in [9.17, 15) is 4.79 Å². The molecule has 0 radical (unpaired) electrons. The van der Waals surface area contributed by atoms with Crippen LogP contribution in [-0.4, -0.2) is 51.0 Å². The summed E-state index contributed by atoms with van der Waals surface area (Å²) >= 11 is 0. The summed E-state index contributed by atoms with van der Waals surface area (Å²) in [6.45, 7) is 6.53. The number of nitrogens with one attached hydrogen (secondary N) is 1. The predicted octanol–water partition coefficient (Wildman–Crippen LogP) is 2.71. The average Bonchev–Trinajstić information content (AvgIpc) is 3.33. The third kappa shape index (κ3) is 3.60. The number of benzene rings is 1. The summed E-state index contributed by atoms with van der Waals surface area (Å²) < 4.78 is 7.42. The number of hydrogen-bond acceptors (Lipinski definition) is 5. The minimum atomic E-state index is -0.0861. The molecule has 0 bridgehead atoms. The number of nitrogens with zero attached hydrogens (tertiary/aromatic N) is 4. The second-order valence-electron chi connectivity index (χ2n) is 8.38. The minimum Gasteiger partial charge on any atom is -0.381 e. The fourth-order valence-electron chi connectivity index (χ4n) is 4.72. The molecule has 2 atom stereocenters. The van der Waals surface area contributed by atoms with E-state index in [4.69, 9.17) is 9.72 Å². The van der Waals surface area contributed by atoms with Crippen LogP contribution in [0.25, 0.3) is 11.0 Å². The molecule has 1 aromatic carbocycles. The predicted molar refractivity (Wildman–Crippen MR) is 111 cm³/mol. The summed E-state index contributed by atoms with van der Waals surface area (Å²) in [6.07, 6.45) is 3.47. The fourth-order valence-corrected chi connectivity index (χ4v) is 4.72. The van der Waals surface area contributed by atoms with Gasteiger partial charge in [0.15, 0.2) is 5.65 Å². The number of aromatic amines is 1. The zero-order valence-corrected chi connectivity index (χ0v) is 16.8. The molecule has 4 heterocycles. The van der Waals surface area contributed by atoms with Crippen molar-refractivity contribution in [2.75, 3.05) is 26.3 Å². The third-order valence-electron chi connectivity index (χ3n) is 6.31. The van der Waals surface area contributed by atoms with E-state index < -0.39 is 0 Å². The van der Waals surface area contributed by atoms with Crippen molar-refractivity contribution in [3.63, 3.8) is 0 Å². The van der Waals surface area contributed by atoms with Crippen molar-refractivity contribution in [1.29, 1.82) is 0 Å². The Kier molecular flexibility index (Phi) is 4.93. The van der Waals surface area contributed by atoms with Gasteiger partial charge in [-0.15, -0.1) is 0 Å². The number of aromatic nitrogens is 4. The first-order chi connectivity index (χ1) is 14.2. The highest BCUT2D eigenvalue weighted by atomic mass is 16.5. The number of H-pyrrole nitrogens is 1. The lowest BCUT2D eigenvalue weighted by Gasteiger charge is -2.23. The van der Waals surface area contributed by atoms with Gasteiger partial charge in [0.1, 0.15) is 11.2 Å².